The van der Waals surface area contributed by atoms with Gasteiger partial charge in [0.05, 0.1) is 23.1 Å². The van der Waals surface area contributed by atoms with Crippen LogP contribution in [0.2, 0.25) is 0 Å². The van der Waals surface area contributed by atoms with Crippen LogP contribution in [-0.2, 0) is 11.2 Å². The van der Waals surface area contributed by atoms with Gasteiger partial charge >= 0.3 is 0 Å². The Morgan fingerprint density at radius 1 is 1.27 bits per heavy atom. The molecule has 33 heavy (non-hydrogen) atoms. The first-order chi connectivity index (χ1) is 16.1. The van der Waals surface area contributed by atoms with Crippen molar-refractivity contribution in [2.24, 2.45) is 5.92 Å². The van der Waals surface area contributed by atoms with Gasteiger partial charge in [-0.2, -0.15) is 10.1 Å². The van der Waals surface area contributed by atoms with E-state index in [1.54, 1.807) is 18.3 Å². The lowest BCUT2D eigenvalue weighted by molar-refractivity contribution is -0.120. The van der Waals surface area contributed by atoms with E-state index >= 15 is 0 Å². The summed E-state index contributed by atoms with van der Waals surface area (Å²) in [6, 6.07) is 10.7. The Kier molecular flexibility index (Phi) is 5.77. The van der Waals surface area contributed by atoms with Crippen molar-refractivity contribution < 1.29 is 13.7 Å². The highest BCUT2D eigenvalue weighted by Crippen LogP contribution is 2.30. The minimum Gasteiger partial charge on any atom is -0.369 e. The van der Waals surface area contributed by atoms with Crippen molar-refractivity contribution in [3.05, 3.63) is 54.2 Å². The van der Waals surface area contributed by atoms with Crippen LogP contribution in [-0.4, -0.2) is 39.3 Å². The fourth-order valence-electron chi connectivity index (χ4n) is 4.28. The Morgan fingerprint density at radius 3 is 2.91 bits per heavy atom. The van der Waals surface area contributed by atoms with Gasteiger partial charge in [0.2, 0.25) is 5.91 Å². The van der Waals surface area contributed by atoms with E-state index in [4.69, 9.17) is 4.52 Å². The molecule has 5 rings (SSSR count). The van der Waals surface area contributed by atoms with Gasteiger partial charge < -0.3 is 14.7 Å². The molecule has 0 bridgehead atoms. The van der Waals surface area contributed by atoms with Crippen LogP contribution in [0, 0.1) is 11.7 Å². The Hall–Kier alpha value is -3.75. The number of carbonyl (C=O) groups is 1. The number of benzene rings is 2. The third-order valence-corrected chi connectivity index (χ3v) is 6.08. The predicted molar refractivity (Wildman–Crippen MR) is 123 cm³/mol. The molecule has 1 aliphatic heterocycles. The molecule has 0 atom stereocenters. The van der Waals surface area contributed by atoms with Crippen molar-refractivity contribution in [1.82, 2.24) is 20.3 Å². The molecule has 0 unspecified atom stereocenters. The monoisotopic (exact) mass is 448 g/mol. The fourth-order valence-corrected chi connectivity index (χ4v) is 4.28. The Bertz CT molecular complexity index is 1270. The molecule has 1 amide bonds. The lowest BCUT2D eigenvalue weighted by atomic mass is 9.95. The first-order valence-corrected chi connectivity index (χ1v) is 11.2. The van der Waals surface area contributed by atoms with Crippen LogP contribution in [0.3, 0.4) is 0 Å². The molecule has 1 aliphatic rings. The number of piperidine rings is 1. The number of aromatic amines is 1. The molecule has 0 radical (unpaired) electrons. The standard InChI is InChI=1S/C24H25FN6O2/c1-2-4-21-28-24(33-30-21)16-7-8-20(18(25)13-16)31-11-9-15(10-12-31)23(32)27-19-6-3-5-17-14-26-29-22(17)19/h3,5-8,13-15H,2,4,9-12H2,1H3,(H,26,29)(H,27,32). The third kappa shape index (κ3) is 4.30. The minimum atomic E-state index is -0.337. The van der Waals surface area contributed by atoms with Crippen LogP contribution in [0.25, 0.3) is 22.4 Å². The number of nitrogens with zero attached hydrogens (tertiary/aromatic N) is 4. The van der Waals surface area contributed by atoms with Crippen molar-refractivity contribution in [1.29, 1.82) is 0 Å². The van der Waals surface area contributed by atoms with Crippen LogP contribution in [0.4, 0.5) is 15.8 Å². The largest absolute Gasteiger partial charge is 0.369 e. The second-order valence-electron chi connectivity index (χ2n) is 8.32. The SMILES string of the molecule is CCCc1noc(-c2ccc(N3CCC(C(=O)Nc4cccc5cn[nH]c45)CC3)c(F)c2)n1. The molecule has 0 saturated carbocycles. The van der Waals surface area contributed by atoms with Gasteiger partial charge in [-0.3, -0.25) is 9.89 Å². The van der Waals surface area contributed by atoms with Gasteiger partial charge in [0.1, 0.15) is 5.82 Å². The molecule has 2 aromatic heterocycles. The number of halogens is 1. The highest BCUT2D eigenvalue weighted by Gasteiger charge is 2.27. The molecule has 0 aliphatic carbocycles. The molecule has 2 aromatic carbocycles. The average Bonchev–Trinajstić information content (AvgIpc) is 3.50. The van der Waals surface area contributed by atoms with E-state index in [0.717, 1.165) is 29.4 Å². The molecule has 0 spiro atoms. The molecular weight excluding hydrogens is 423 g/mol. The number of para-hydroxylation sites is 1. The third-order valence-electron chi connectivity index (χ3n) is 6.08. The van der Waals surface area contributed by atoms with Crippen molar-refractivity contribution >= 4 is 28.2 Å². The van der Waals surface area contributed by atoms with Crippen molar-refractivity contribution in [3.63, 3.8) is 0 Å². The molecular formula is C24H25FN6O2. The van der Waals surface area contributed by atoms with Crippen molar-refractivity contribution in [2.45, 2.75) is 32.6 Å². The zero-order valence-electron chi connectivity index (χ0n) is 18.3. The van der Waals surface area contributed by atoms with E-state index in [9.17, 15) is 9.18 Å². The number of rotatable bonds is 6. The molecule has 4 aromatic rings. The second-order valence-corrected chi connectivity index (χ2v) is 8.32. The predicted octanol–water partition coefficient (Wildman–Crippen LogP) is 4.56. The first-order valence-electron chi connectivity index (χ1n) is 11.2. The minimum absolute atomic E-state index is 0.0214. The molecule has 8 nitrogen and oxygen atoms in total. The fraction of sp³-hybridized carbons (Fsp3) is 0.333. The van der Waals surface area contributed by atoms with E-state index in [1.807, 2.05) is 30.0 Å². The maximum Gasteiger partial charge on any atom is 0.258 e. The topological polar surface area (TPSA) is 99.9 Å². The summed E-state index contributed by atoms with van der Waals surface area (Å²) >= 11 is 0. The smallest absolute Gasteiger partial charge is 0.258 e. The van der Waals surface area contributed by atoms with Gasteiger partial charge in [-0.25, -0.2) is 4.39 Å². The van der Waals surface area contributed by atoms with Gasteiger partial charge in [-0.15, -0.1) is 0 Å². The van der Waals surface area contributed by atoms with Crippen LogP contribution in [0.1, 0.15) is 32.0 Å². The van der Waals surface area contributed by atoms with E-state index in [2.05, 4.69) is 25.7 Å². The van der Waals surface area contributed by atoms with Gasteiger partial charge in [-0.1, -0.05) is 24.2 Å². The van der Waals surface area contributed by atoms with E-state index in [0.29, 0.717) is 48.9 Å². The number of fused-ring (bicyclic) bond motifs is 1. The van der Waals surface area contributed by atoms with E-state index < -0.39 is 0 Å². The number of carbonyl (C=O) groups excluding carboxylic acids is 1. The summed E-state index contributed by atoms with van der Waals surface area (Å²) in [5.41, 5.74) is 2.62. The zero-order chi connectivity index (χ0) is 22.8. The highest BCUT2D eigenvalue weighted by atomic mass is 19.1. The molecule has 3 heterocycles. The summed E-state index contributed by atoms with van der Waals surface area (Å²) in [6.45, 7) is 3.24. The molecule has 2 N–H and O–H groups in total. The normalized spacial score (nSPS) is 14.7. The number of hydrogen-bond acceptors (Lipinski definition) is 6. The first kappa shape index (κ1) is 21.1. The quantitative estimate of drug-likeness (QED) is 0.449. The van der Waals surface area contributed by atoms with Gasteiger partial charge in [0.25, 0.3) is 5.89 Å². The maximum atomic E-state index is 14.9. The summed E-state index contributed by atoms with van der Waals surface area (Å²) in [4.78, 5) is 19.1. The Balaban J connectivity index is 1.22. The number of aryl methyl sites for hydroxylation is 1. The lowest BCUT2D eigenvalue weighted by Gasteiger charge is -2.33. The number of amides is 1. The van der Waals surface area contributed by atoms with Crippen LogP contribution in [0.15, 0.2) is 47.1 Å². The van der Waals surface area contributed by atoms with Gasteiger partial charge in [0, 0.05) is 36.4 Å². The number of anilines is 2. The maximum absolute atomic E-state index is 14.9. The van der Waals surface area contributed by atoms with Crippen LogP contribution < -0.4 is 10.2 Å². The lowest BCUT2D eigenvalue weighted by Crippen LogP contribution is -2.38. The van der Waals surface area contributed by atoms with E-state index in [1.165, 1.54) is 6.07 Å². The number of hydrogen-bond donors (Lipinski definition) is 2. The molecule has 1 saturated heterocycles. The van der Waals surface area contributed by atoms with Crippen LogP contribution >= 0.6 is 0 Å². The summed E-state index contributed by atoms with van der Waals surface area (Å²) in [7, 11) is 0. The Morgan fingerprint density at radius 2 is 2.12 bits per heavy atom. The summed E-state index contributed by atoms with van der Waals surface area (Å²) in [5, 5.41) is 14.9. The van der Waals surface area contributed by atoms with Crippen molar-refractivity contribution in [2.75, 3.05) is 23.3 Å². The Labute approximate surface area is 190 Å². The van der Waals surface area contributed by atoms with Gasteiger partial charge in [-0.05, 0) is 43.5 Å². The molecule has 170 valence electrons. The summed E-state index contributed by atoms with van der Waals surface area (Å²) < 4.78 is 20.2. The number of nitrogens with one attached hydrogen (secondary N) is 2. The zero-order valence-corrected chi connectivity index (χ0v) is 18.3. The highest BCUT2D eigenvalue weighted by molar-refractivity contribution is 6.01. The summed E-state index contributed by atoms with van der Waals surface area (Å²) in [6.07, 6.45) is 4.67. The molecule has 9 heteroatoms. The van der Waals surface area contributed by atoms with E-state index in [-0.39, 0.29) is 17.6 Å². The summed E-state index contributed by atoms with van der Waals surface area (Å²) in [5.74, 6) is 0.466. The van der Waals surface area contributed by atoms with Crippen LogP contribution in [0.5, 0.6) is 0 Å². The van der Waals surface area contributed by atoms with Crippen molar-refractivity contribution in [3.8, 4) is 11.5 Å². The second kappa shape index (κ2) is 9.01. The van der Waals surface area contributed by atoms with Gasteiger partial charge in [0.15, 0.2) is 5.82 Å². The molecule has 1 fully saturated rings. The number of aromatic nitrogens is 4. The average molecular weight is 449 g/mol. The number of H-pyrrole nitrogens is 1.